The number of rotatable bonds is 10. The van der Waals surface area contributed by atoms with E-state index in [0.717, 1.165) is 10.8 Å². The molecule has 0 aliphatic rings. The molecule has 0 aromatic heterocycles. The summed E-state index contributed by atoms with van der Waals surface area (Å²) < 4.78 is 5.70. The number of amides is 2. The van der Waals surface area contributed by atoms with Crippen LogP contribution in [0, 0.1) is 0 Å². The molecule has 2 rings (SSSR count). The van der Waals surface area contributed by atoms with Crippen molar-refractivity contribution >= 4 is 28.9 Å². The van der Waals surface area contributed by atoms with Crippen molar-refractivity contribution in [2.24, 2.45) is 0 Å². The van der Waals surface area contributed by atoms with Crippen LogP contribution < -0.4 is 10.1 Å². The van der Waals surface area contributed by atoms with Gasteiger partial charge in [-0.1, -0.05) is 36.4 Å². The van der Waals surface area contributed by atoms with E-state index in [1.54, 1.807) is 11.9 Å². The van der Waals surface area contributed by atoms with E-state index in [2.05, 4.69) is 5.32 Å². The molecule has 1 N–H and O–H groups in total. The summed E-state index contributed by atoms with van der Waals surface area (Å²) in [5.41, 5.74) is 0. The van der Waals surface area contributed by atoms with Crippen molar-refractivity contribution in [1.29, 1.82) is 0 Å². The molecule has 0 aliphatic heterocycles. The second-order valence-corrected chi connectivity index (χ2v) is 6.01. The Morgan fingerprint density at radius 2 is 1.88 bits per heavy atom. The van der Waals surface area contributed by atoms with E-state index in [9.17, 15) is 14.4 Å². The molecule has 138 valence electrons. The smallest absolute Gasteiger partial charge is 0.260 e. The van der Waals surface area contributed by atoms with Gasteiger partial charge in [-0.2, -0.15) is 0 Å². The third kappa shape index (κ3) is 5.88. The van der Waals surface area contributed by atoms with E-state index in [0.29, 0.717) is 37.8 Å². The average molecular weight is 356 g/mol. The summed E-state index contributed by atoms with van der Waals surface area (Å²) in [5, 5.41) is 4.54. The Kier molecular flexibility index (Phi) is 7.61. The van der Waals surface area contributed by atoms with Gasteiger partial charge in [-0.25, -0.2) is 0 Å². The number of fused-ring (bicyclic) bond motifs is 1. The Bertz CT molecular complexity index is 755. The lowest BCUT2D eigenvalue weighted by atomic mass is 10.1. The van der Waals surface area contributed by atoms with Gasteiger partial charge in [0.25, 0.3) is 5.91 Å². The largest absolute Gasteiger partial charge is 0.483 e. The summed E-state index contributed by atoms with van der Waals surface area (Å²) in [6, 6.07) is 13.6. The first-order chi connectivity index (χ1) is 12.6. The van der Waals surface area contributed by atoms with E-state index < -0.39 is 0 Å². The molecule has 0 bridgehead atoms. The molecule has 0 heterocycles. The van der Waals surface area contributed by atoms with Crippen molar-refractivity contribution in [2.75, 3.05) is 26.7 Å². The number of unbranched alkanes of at least 4 members (excludes halogenated alkanes) is 1. The number of likely N-dealkylation sites (N-methyl/N-ethyl adjacent to an activating group) is 1. The Morgan fingerprint density at radius 1 is 1.12 bits per heavy atom. The number of carbonyl (C=O) groups is 3. The molecule has 26 heavy (non-hydrogen) atoms. The van der Waals surface area contributed by atoms with Gasteiger partial charge in [-0.15, -0.1) is 0 Å². The lowest BCUT2D eigenvalue weighted by molar-refractivity contribution is -0.132. The number of hydrogen-bond acceptors (Lipinski definition) is 4. The Hall–Kier alpha value is -2.89. The highest BCUT2D eigenvalue weighted by atomic mass is 16.5. The van der Waals surface area contributed by atoms with Crippen molar-refractivity contribution in [2.45, 2.75) is 19.3 Å². The van der Waals surface area contributed by atoms with E-state index in [1.165, 1.54) is 0 Å². The monoisotopic (exact) mass is 356 g/mol. The fraction of sp³-hybridized carbons (Fsp3) is 0.350. The number of ether oxygens (including phenoxy) is 1. The molecule has 0 fully saturated rings. The maximum absolute atomic E-state index is 12.2. The molecule has 2 amide bonds. The predicted octanol–water partition coefficient (Wildman–Crippen LogP) is 2.16. The molecule has 2 aromatic rings. The van der Waals surface area contributed by atoms with Crippen molar-refractivity contribution < 1.29 is 19.1 Å². The van der Waals surface area contributed by atoms with Crippen LogP contribution in [0.3, 0.4) is 0 Å². The quantitative estimate of drug-likeness (QED) is 0.523. The van der Waals surface area contributed by atoms with Gasteiger partial charge in [0.2, 0.25) is 5.91 Å². The third-order valence-corrected chi connectivity index (χ3v) is 4.06. The minimum atomic E-state index is -0.148. The number of aldehydes is 1. The van der Waals surface area contributed by atoms with Gasteiger partial charge in [0, 0.05) is 25.4 Å². The summed E-state index contributed by atoms with van der Waals surface area (Å²) in [5.74, 6) is 0.436. The number of hydrogen-bond donors (Lipinski definition) is 1. The maximum atomic E-state index is 12.2. The zero-order chi connectivity index (χ0) is 18.8. The fourth-order valence-corrected chi connectivity index (χ4v) is 2.57. The molecule has 0 atom stereocenters. The second-order valence-electron chi connectivity index (χ2n) is 6.01. The first-order valence-electron chi connectivity index (χ1n) is 8.66. The van der Waals surface area contributed by atoms with Gasteiger partial charge in [0.05, 0.1) is 6.54 Å². The Labute approximate surface area is 153 Å². The van der Waals surface area contributed by atoms with E-state index in [-0.39, 0.29) is 25.0 Å². The van der Waals surface area contributed by atoms with Crippen LogP contribution in [0.4, 0.5) is 0 Å². The summed E-state index contributed by atoms with van der Waals surface area (Å²) in [6.07, 6.45) is 2.38. The predicted molar refractivity (Wildman–Crippen MR) is 100 cm³/mol. The first-order valence-corrected chi connectivity index (χ1v) is 8.66. The molecule has 0 aliphatic carbocycles. The van der Waals surface area contributed by atoms with Crippen LogP contribution in [0.25, 0.3) is 10.8 Å². The SMILES string of the molecule is CN(CCCCC(=O)NCC=O)C(=O)COc1cccc2ccccc12. The Balaban J connectivity index is 1.73. The van der Waals surface area contributed by atoms with Gasteiger partial charge in [0.1, 0.15) is 12.0 Å². The lowest BCUT2D eigenvalue weighted by Crippen LogP contribution is -2.32. The third-order valence-electron chi connectivity index (χ3n) is 4.06. The molecule has 6 nitrogen and oxygen atoms in total. The standard InChI is InChI=1S/C20H24N2O4/c1-22(13-5-4-11-19(24)21-12-14-23)20(25)15-26-18-10-6-8-16-7-2-3-9-17(16)18/h2-3,6-10,14H,4-5,11-13,15H2,1H3,(H,21,24). The van der Waals surface area contributed by atoms with E-state index in [1.807, 2.05) is 42.5 Å². The molecule has 0 spiro atoms. The Morgan fingerprint density at radius 3 is 2.69 bits per heavy atom. The first kappa shape index (κ1) is 19.4. The zero-order valence-electron chi connectivity index (χ0n) is 14.9. The fourth-order valence-electron chi connectivity index (χ4n) is 2.57. The molecule has 0 radical (unpaired) electrons. The molecule has 0 unspecified atom stereocenters. The van der Waals surface area contributed by atoms with Crippen molar-refractivity contribution in [3.63, 3.8) is 0 Å². The van der Waals surface area contributed by atoms with Gasteiger partial charge in [-0.05, 0) is 24.3 Å². The van der Waals surface area contributed by atoms with Gasteiger partial charge in [0.15, 0.2) is 6.61 Å². The topological polar surface area (TPSA) is 75.7 Å². The van der Waals surface area contributed by atoms with Crippen LogP contribution in [-0.2, 0) is 14.4 Å². The zero-order valence-corrected chi connectivity index (χ0v) is 14.9. The maximum Gasteiger partial charge on any atom is 0.260 e. The normalized spacial score (nSPS) is 10.3. The number of carbonyl (C=O) groups excluding carboxylic acids is 3. The molecule has 0 saturated heterocycles. The number of benzene rings is 2. The van der Waals surface area contributed by atoms with Gasteiger partial charge < -0.3 is 19.7 Å². The van der Waals surface area contributed by atoms with Gasteiger partial charge >= 0.3 is 0 Å². The second kappa shape index (κ2) is 10.2. The summed E-state index contributed by atoms with van der Waals surface area (Å²) in [6.45, 7) is 0.575. The number of nitrogens with zero attached hydrogens (tertiary/aromatic N) is 1. The van der Waals surface area contributed by atoms with Crippen LogP contribution in [0.1, 0.15) is 19.3 Å². The highest BCUT2D eigenvalue weighted by Gasteiger charge is 2.11. The minimum absolute atomic E-state index is 0.0235. The van der Waals surface area contributed by atoms with Crippen LogP contribution >= 0.6 is 0 Å². The van der Waals surface area contributed by atoms with Crippen LogP contribution in [0.15, 0.2) is 42.5 Å². The highest BCUT2D eigenvalue weighted by molar-refractivity contribution is 5.88. The molecular formula is C20H24N2O4. The molecule has 2 aromatic carbocycles. The van der Waals surface area contributed by atoms with Crippen LogP contribution in [0.2, 0.25) is 0 Å². The molecule has 6 heteroatoms. The lowest BCUT2D eigenvalue weighted by Gasteiger charge is -2.17. The summed E-state index contributed by atoms with van der Waals surface area (Å²) >= 11 is 0. The van der Waals surface area contributed by atoms with Crippen molar-refractivity contribution in [3.8, 4) is 5.75 Å². The minimum Gasteiger partial charge on any atom is -0.483 e. The van der Waals surface area contributed by atoms with Gasteiger partial charge in [-0.3, -0.25) is 9.59 Å². The summed E-state index contributed by atoms with van der Waals surface area (Å²) in [7, 11) is 1.72. The van der Waals surface area contributed by atoms with E-state index >= 15 is 0 Å². The number of nitrogens with one attached hydrogen (secondary N) is 1. The van der Waals surface area contributed by atoms with Crippen molar-refractivity contribution in [3.05, 3.63) is 42.5 Å². The average Bonchev–Trinajstić information content (AvgIpc) is 2.67. The summed E-state index contributed by atoms with van der Waals surface area (Å²) in [4.78, 5) is 35.4. The highest BCUT2D eigenvalue weighted by Crippen LogP contribution is 2.25. The van der Waals surface area contributed by atoms with Crippen molar-refractivity contribution in [1.82, 2.24) is 10.2 Å². The van der Waals surface area contributed by atoms with Crippen LogP contribution in [-0.4, -0.2) is 49.7 Å². The molecular weight excluding hydrogens is 332 g/mol. The van der Waals surface area contributed by atoms with E-state index in [4.69, 9.17) is 4.74 Å². The van der Waals surface area contributed by atoms with Crippen LogP contribution in [0.5, 0.6) is 5.75 Å². The molecule has 0 saturated carbocycles.